The Hall–Kier alpha value is -2.65. The second-order valence-corrected chi connectivity index (χ2v) is 5.40. The number of benzene rings is 2. The molecule has 24 heavy (non-hydrogen) atoms. The largest absolute Gasteiger partial charge is 0.769 e. The molecule has 0 atom stereocenters. The van der Waals surface area contributed by atoms with Crippen molar-refractivity contribution in [3.63, 3.8) is 0 Å². The molecule has 8 heteroatoms. The van der Waals surface area contributed by atoms with Crippen molar-refractivity contribution in [3.8, 4) is 0 Å². The Kier molecular flexibility index (Phi) is 5.37. The summed E-state index contributed by atoms with van der Waals surface area (Å²) in [5.74, 6) is -0.554. The smallest absolute Gasteiger partial charge is 0.251 e. The van der Waals surface area contributed by atoms with Crippen LogP contribution in [0.25, 0.3) is 0 Å². The number of hydrogen-bond donors (Lipinski definition) is 3. The van der Waals surface area contributed by atoms with E-state index < -0.39 is 16.8 Å². The zero-order valence-electron chi connectivity index (χ0n) is 13.2. The van der Waals surface area contributed by atoms with Gasteiger partial charge in [-0.25, -0.2) is 0 Å². The van der Waals surface area contributed by atoms with Gasteiger partial charge in [-0.1, -0.05) is 23.8 Å². The number of carbonyl (C=O) groups excluding carboxylic acids is 1. The van der Waals surface area contributed by atoms with Crippen molar-refractivity contribution in [1.29, 1.82) is 0 Å². The molecule has 0 saturated carbocycles. The molecule has 0 fully saturated rings. The highest BCUT2D eigenvalue weighted by atomic mass is 16.8. The van der Waals surface area contributed by atoms with Crippen LogP contribution >= 0.6 is 0 Å². The zero-order valence-corrected chi connectivity index (χ0v) is 13.2. The maximum atomic E-state index is 12.2. The minimum absolute atomic E-state index is 0.0444. The average molecular weight is 331 g/mol. The van der Waals surface area contributed by atoms with E-state index in [2.05, 4.69) is 5.32 Å². The van der Waals surface area contributed by atoms with Crippen LogP contribution in [0.3, 0.4) is 0 Å². The SMILES string of the molecule is Cc1ccc(CNC(=O)c2cc(N([O-])[O-])cc(N(O)O)c2)c(C)c1. The minimum atomic E-state index is -0.714. The Bertz CT molecular complexity index is 720. The molecule has 2 aromatic rings. The van der Waals surface area contributed by atoms with E-state index in [-0.39, 0.29) is 23.0 Å². The summed E-state index contributed by atoms with van der Waals surface area (Å²) < 4.78 is 0. The van der Waals surface area contributed by atoms with Gasteiger partial charge >= 0.3 is 0 Å². The molecule has 0 aromatic heterocycles. The van der Waals surface area contributed by atoms with Crippen LogP contribution in [0.5, 0.6) is 0 Å². The fourth-order valence-electron chi connectivity index (χ4n) is 2.27. The Morgan fingerprint density at radius 2 is 1.75 bits per heavy atom. The van der Waals surface area contributed by atoms with Gasteiger partial charge in [0, 0.05) is 17.8 Å². The van der Waals surface area contributed by atoms with Crippen molar-refractivity contribution in [2.45, 2.75) is 20.4 Å². The number of aryl methyl sites for hydroxylation is 2. The number of rotatable bonds is 5. The highest BCUT2D eigenvalue weighted by Crippen LogP contribution is 2.23. The molecule has 1 amide bonds. The van der Waals surface area contributed by atoms with Crippen LogP contribution in [0.2, 0.25) is 0 Å². The van der Waals surface area contributed by atoms with Crippen molar-refractivity contribution >= 4 is 17.3 Å². The zero-order chi connectivity index (χ0) is 17.9. The molecule has 0 unspecified atom stereocenters. The normalized spacial score (nSPS) is 10.4. The van der Waals surface area contributed by atoms with E-state index in [1.807, 2.05) is 32.0 Å². The number of carbonyl (C=O) groups is 1. The molecule has 0 aliphatic rings. The maximum Gasteiger partial charge on any atom is 0.251 e. The summed E-state index contributed by atoms with van der Waals surface area (Å²) in [6, 6.07) is 8.97. The lowest BCUT2D eigenvalue weighted by atomic mass is 10.1. The second kappa shape index (κ2) is 7.28. The Morgan fingerprint density at radius 1 is 1.08 bits per heavy atom. The summed E-state index contributed by atoms with van der Waals surface area (Å²) in [5, 5.41) is 41.6. The standard InChI is InChI=1S/C16H17N3O5/c1-10-3-4-12(11(2)5-10)9-17-16(20)13-6-14(18(21)22)8-15(7-13)19(23)24/h3-8,21-22H,9H2,1-2H3,(H,17,20)/q-2. The second-order valence-electron chi connectivity index (χ2n) is 5.40. The summed E-state index contributed by atoms with van der Waals surface area (Å²) in [4.78, 5) is 12.2. The van der Waals surface area contributed by atoms with Crippen LogP contribution in [0.4, 0.5) is 11.4 Å². The molecular weight excluding hydrogens is 314 g/mol. The topological polar surface area (TPSA) is 122 Å². The molecule has 2 aromatic carbocycles. The quantitative estimate of drug-likeness (QED) is 0.720. The van der Waals surface area contributed by atoms with E-state index in [0.29, 0.717) is 0 Å². The molecular formula is C16H17N3O5-2. The van der Waals surface area contributed by atoms with Crippen molar-refractivity contribution in [3.05, 3.63) is 69.1 Å². The molecule has 0 spiro atoms. The minimum Gasteiger partial charge on any atom is -0.769 e. The third-order valence-electron chi connectivity index (χ3n) is 3.54. The summed E-state index contributed by atoms with van der Waals surface area (Å²) >= 11 is 0. The van der Waals surface area contributed by atoms with Gasteiger partial charge in [-0.3, -0.25) is 15.2 Å². The van der Waals surface area contributed by atoms with Crippen LogP contribution in [0, 0.1) is 24.3 Å². The van der Waals surface area contributed by atoms with Gasteiger partial charge in [0.25, 0.3) is 5.91 Å². The molecule has 0 heterocycles. The van der Waals surface area contributed by atoms with Crippen LogP contribution < -0.4 is 15.8 Å². The molecule has 128 valence electrons. The predicted octanol–water partition coefficient (Wildman–Crippen LogP) is 2.62. The van der Waals surface area contributed by atoms with Crippen molar-refractivity contribution < 1.29 is 15.2 Å². The third kappa shape index (κ3) is 4.21. The number of anilines is 2. The number of amides is 1. The Labute approximate surface area is 138 Å². The van der Waals surface area contributed by atoms with Crippen molar-refractivity contribution in [2.24, 2.45) is 0 Å². The predicted molar refractivity (Wildman–Crippen MR) is 88.8 cm³/mol. The van der Waals surface area contributed by atoms with Gasteiger partial charge in [0.15, 0.2) is 0 Å². The first-order valence-electron chi connectivity index (χ1n) is 7.09. The van der Waals surface area contributed by atoms with E-state index in [0.717, 1.165) is 34.9 Å². The summed E-state index contributed by atoms with van der Waals surface area (Å²) in [6.45, 7) is 4.15. The van der Waals surface area contributed by atoms with E-state index in [4.69, 9.17) is 10.4 Å². The third-order valence-corrected chi connectivity index (χ3v) is 3.54. The Balaban J connectivity index is 2.19. The summed E-state index contributed by atoms with van der Waals surface area (Å²) in [5.41, 5.74) is 2.31. The van der Waals surface area contributed by atoms with Gasteiger partial charge in [-0.2, -0.15) is 0 Å². The fraction of sp³-hybridized carbons (Fsp3) is 0.188. The lowest BCUT2D eigenvalue weighted by Crippen LogP contribution is -2.24. The van der Waals surface area contributed by atoms with Gasteiger partial charge in [0.05, 0.1) is 5.69 Å². The number of nitrogens with zero attached hydrogens (tertiary/aromatic N) is 2. The molecule has 2 rings (SSSR count). The lowest BCUT2D eigenvalue weighted by molar-refractivity contribution is 0.0291. The van der Waals surface area contributed by atoms with Gasteiger partial charge < -0.3 is 21.0 Å². The van der Waals surface area contributed by atoms with Crippen LogP contribution in [-0.2, 0) is 6.54 Å². The Morgan fingerprint density at radius 3 is 2.33 bits per heavy atom. The van der Waals surface area contributed by atoms with Crippen LogP contribution in [0.1, 0.15) is 27.0 Å². The number of hydrogen-bond acceptors (Lipinski definition) is 7. The molecule has 0 aliphatic carbocycles. The van der Waals surface area contributed by atoms with E-state index in [9.17, 15) is 15.2 Å². The molecule has 0 saturated heterocycles. The summed E-state index contributed by atoms with van der Waals surface area (Å²) in [6.07, 6.45) is 0. The van der Waals surface area contributed by atoms with Crippen molar-refractivity contribution in [2.75, 3.05) is 10.5 Å². The first kappa shape index (κ1) is 17.7. The molecule has 0 radical (unpaired) electrons. The first-order valence-corrected chi connectivity index (χ1v) is 7.09. The molecule has 8 nitrogen and oxygen atoms in total. The maximum absolute atomic E-state index is 12.2. The molecule has 0 bridgehead atoms. The lowest BCUT2D eigenvalue weighted by Gasteiger charge is -2.38. The van der Waals surface area contributed by atoms with Gasteiger partial charge in [0.1, 0.15) is 0 Å². The molecule has 3 N–H and O–H groups in total. The van der Waals surface area contributed by atoms with Gasteiger partial charge in [0.2, 0.25) is 0 Å². The molecule has 0 aliphatic heterocycles. The highest BCUT2D eigenvalue weighted by molar-refractivity contribution is 5.96. The monoisotopic (exact) mass is 331 g/mol. The van der Waals surface area contributed by atoms with Crippen molar-refractivity contribution in [1.82, 2.24) is 5.32 Å². The number of nitrogens with one attached hydrogen (secondary N) is 1. The average Bonchev–Trinajstić information content (AvgIpc) is 2.53. The van der Waals surface area contributed by atoms with E-state index in [1.165, 1.54) is 0 Å². The van der Waals surface area contributed by atoms with Gasteiger partial charge in [-0.15, -0.1) is 5.23 Å². The first-order chi connectivity index (χ1) is 11.3. The fourth-order valence-corrected chi connectivity index (χ4v) is 2.27. The van der Waals surface area contributed by atoms with Crippen LogP contribution in [-0.4, -0.2) is 16.3 Å². The highest BCUT2D eigenvalue weighted by Gasteiger charge is 2.11. The van der Waals surface area contributed by atoms with Gasteiger partial charge in [-0.05, 0) is 43.2 Å². The van der Waals surface area contributed by atoms with E-state index >= 15 is 0 Å². The summed E-state index contributed by atoms with van der Waals surface area (Å²) in [7, 11) is 0. The van der Waals surface area contributed by atoms with E-state index in [1.54, 1.807) is 0 Å². The van der Waals surface area contributed by atoms with Crippen LogP contribution in [0.15, 0.2) is 36.4 Å².